The predicted molar refractivity (Wildman–Crippen MR) is 63.2 cm³/mol. The van der Waals surface area contributed by atoms with Crippen molar-refractivity contribution < 1.29 is 4.74 Å². The van der Waals surface area contributed by atoms with Crippen molar-refractivity contribution >= 4 is 11.6 Å². The minimum atomic E-state index is 0.431. The second-order valence-electron chi connectivity index (χ2n) is 3.30. The van der Waals surface area contributed by atoms with Gasteiger partial charge in [0.15, 0.2) is 5.82 Å². The Labute approximate surface area is 99.1 Å². The lowest BCUT2D eigenvalue weighted by molar-refractivity contribution is 0.181. The molecule has 1 aromatic carbocycles. The maximum atomic E-state index is 5.93. The predicted octanol–water partition coefficient (Wildman–Crippen LogP) is 2.94. The van der Waals surface area contributed by atoms with Crippen LogP contribution in [0.1, 0.15) is 5.69 Å². The second kappa shape index (κ2) is 5.05. The second-order valence-corrected chi connectivity index (χ2v) is 3.69. The van der Waals surface area contributed by atoms with Crippen LogP contribution in [0.2, 0.25) is 5.15 Å². The van der Waals surface area contributed by atoms with Crippen molar-refractivity contribution in [3.63, 3.8) is 0 Å². The molecular weight excluding hydrogens is 224 g/mol. The van der Waals surface area contributed by atoms with E-state index in [0.717, 1.165) is 11.3 Å². The normalized spacial score (nSPS) is 10.4. The quantitative estimate of drug-likeness (QED) is 0.766. The van der Waals surface area contributed by atoms with Gasteiger partial charge in [0.1, 0.15) is 5.15 Å². The van der Waals surface area contributed by atoms with Gasteiger partial charge < -0.3 is 4.74 Å². The molecule has 0 aliphatic rings. The van der Waals surface area contributed by atoms with Gasteiger partial charge in [-0.25, -0.2) is 9.97 Å². The summed E-state index contributed by atoms with van der Waals surface area (Å²) in [6.45, 7) is 0.433. The zero-order valence-corrected chi connectivity index (χ0v) is 9.61. The van der Waals surface area contributed by atoms with Gasteiger partial charge in [-0.3, -0.25) is 0 Å². The third kappa shape index (κ3) is 2.56. The maximum Gasteiger partial charge on any atom is 0.161 e. The summed E-state index contributed by atoms with van der Waals surface area (Å²) in [5.41, 5.74) is 1.73. The topological polar surface area (TPSA) is 35.0 Å². The Kier molecular flexibility index (Phi) is 3.49. The molecule has 3 nitrogen and oxygen atoms in total. The highest BCUT2D eigenvalue weighted by Crippen LogP contribution is 2.17. The smallest absolute Gasteiger partial charge is 0.161 e. The zero-order chi connectivity index (χ0) is 11.4. The minimum absolute atomic E-state index is 0.431. The highest BCUT2D eigenvalue weighted by atomic mass is 35.5. The number of hydrogen-bond acceptors (Lipinski definition) is 3. The Bertz CT molecular complexity index is 474. The summed E-state index contributed by atoms with van der Waals surface area (Å²) in [6.07, 6.45) is 0. The van der Waals surface area contributed by atoms with Crippen LogP contribution in [0.4, 0.5) is 0 Å². The molecule has 1 aromatic heterocycles. The minimum Gasteiger partial charge on any atom is -0.378 e. The molecule has 0 aliphatic heterocycles. The van der Waals surface area contributed by atoms with Crippen LogP contribution in [0.25, 0.3) is 11.4 Å². The van der Waals surface area contributed by atoms with E-state index in [1.807, 2.05) is 30.3 Å². The number of ether oxygens (including phenoxy) is 1. The van der Waals surface area contributed by atoms with E-state index >= 15 is 0 Å². The monoisotopic (exact) mass is 234 g/mol. The van der Waals surface area contributed by atoms with Crippen LogP contribution < -0.4 is 0 Å². The lowest BCUT2D eigenvalue weighted by Gasteiger charge is -2.04. The molecule has 4 heteroatoms. The Hall–Kier alpha value is -1.45. The van der Waals surface area contributed by atoms with Gasteiger partial charge in [-0.05, 0) is 6.07 Å². The molecule has 0 saturated heterocycles. The Morgan fingerprint density at radius 1 is 1.19 bits per heavy atom. The first kappa shape index (κ1) is 11.0. The number of aromatic nitrogens is 2. The van der Waals surface area contributed by atoms with E-state index in [1.165, 1.54) is 0 Å². The molecule has 0 N–H and O–H groups in total. The van der Waals surface area contributed by atoms with E-state index in [2.05, 4.69) is 9.97 Å². The van der Waals surface area contributed by atoms with Crippen molar-refractivity contribution in [2.24, 2.45) is 0 Å². The lowest BCUT2D eigenvalue weighted by atomic mass is 10.2. The van der Waals surface area contributed by atoms with E-state index in [9.17, 15) is 0 Å². The fourth-order valence-electron chi connectivity index (χ4n) is 1.40. The van der Waals surface area contributed by atoms with Gasteiger partial charge in [0.2, 0.25) is 0 Å². The van der Waals surface area contributed by atoms with Gasteiger partial charge in [-0.1, -0.05) is 41.9 Å². The summed E-state index contributed by atoms with van der Waals surface area (Å²) >= 11 is 5.93. The first-order valence-electron chi connectivity index (χ1n) is 4.87. The molecule has 0 amide bonds. The molecular formula is C12H11ClN2O. The molecule has 0 atom stereocenters. The number of rotatable bonds is 3. The van der Waals surface area contributed by atoms with Crippen LogP contribution in [-0.4, -0.2) is 17.1 Å². The molecule has 1 heterocycles. The molecule has 0 saturated carbocycles. The van der Waals surface area contributed by atoms with Crippen molar-refractivity contribution in [2.75, 3.05) is 7.11 Å². The van der Waals surface area contributed by atoms with Crippen LogP contribution in [0.5, 0.6) is 0 Å². The summed E-state index contributed by atoms with van der Waals surface area (Å²) in [7, 11) is 1.62. The van der Waals surface area contributed by atoms with Gasteiger partial charge in [0, 0.05) is 12.7 Å². The maximum absolute atomic E-state index is 5.93. The molecule has 82 valence electrons. The molecule has 0 unspecified atom stereocenters. The summed E-state index contributed by atoms with van der Waals surface area (Å²) < 4.78 is 5.02. The molecule has 0 spiro atoms. The zero-order valence-electron chi connectivity index (χ0n) is 8.85. The Balaban J connectivity index is 2.41. The van der Waals surface area contributed by atoms with E-state index < -0.39 is 0 Å². The first-order valence-corrected chi connectivity index (χ1v) is 5.25. The molecule has 16 heavy (non-hydrogen) atoms. The highest BCUT2D eigenvalue weighted by molar-refractivity contribution is 6.29. The third-order valence-corrected chi connectivity index (χ3v) is 2.27. The van der Waals surface area contributed by atoms with E-state index in [4.69, 9.17) is 16.3 Å². The Morgan fingerprint density at radius 2 is 1.94 bits per heavy atom. The molecule has 0 bridgehead atoms. The standard InChI is InChI=1S/C12H11ClN2O/c1-16-8-10-7-11(13)15-12(14-10)9-5-3-2-4-6-9/h2-7H,8H2,1H3. The highest BCUT2D eigenvalue weighted by Gasteiger charge is 2.04. The number of halogens is 1. The first-order chi connectivity index (χ1) is 7.79. The van der Waals surface area contributed by atoms with Crippen molar-refractivity contribution in [1.29, 1.82) is 0 Å². The molecule has 2 rings (SSSR count). The number of hydrogen-bond donors (Lipinski definition) is 0. The molecule has 0 fully saturated rings. The van der Waals surface area contributed by atoms with E-state index in [0.29, 0.717) is 17.6 Å². The van der Waals surface area contributed by atoms with Crippen LogP contribution in [-0.2, 0) is 11.3 Å². The number of nitrogens with zero attached hydrogens (tertiary/aromatic N) is 2. The molecule has 0 aliphatic carbocycles. The number of methoxy groups -OCH3 is 1. The van der Waals surface area contributed by atoms with Crippen molar-refractivity contribution in [1.82, 2.24) is 9.97 Å². The van der Waals surface area contributed by atoms with Crippen LogP contribution in [0.3, 0.4) is 0 Å². The van der Waals surface area contributed by atoms with Crippen molar-refractivity contribution in [3.05, 3.63) is 47.2 Å². The average Bonchev–Trinajstić information content (AvgIpc) is 2.30. The third-order valence-electron chi connectivity index (χ3n) is 2.07. The lowest BCUT2D eigenvalue weighted by Crippen LogP contribution is -1.97. The van der Waals surface area contributed by atoms with Gasteiger partial charge in [0.25, 0.3) is 0 Å². The van der Waals surface area contributed by atoms with Crippen LogP contribution >= 0.6 is 11.6 Å². The molecule has 2 aromatic rings. The van der Waals surface area contributed by atoms with Gasteiger partial charge in [0.05, 0.1) is 12.3 Å². The fourth-order valence-corrected chi connectivity index (χ4v) is 1.61. The van der Waals surface area contributed by atoms with Crippen LogP contribution in [0.15, 0.2) is 36.4 Å². The summed E-state index contributed by atoms with van der Waals surface area (Å²) in [5, 5.41) is 0.431. The summed E-state index contributed by atoms with van der Waals surface area (Å²) in [6, 6.07) is 11.4. The summed E-state index contributed by atoms with van der Waals surface area (Å²) in [4.78, 5) is 8.56. The largest absolute Gasteiger partial charge is 0.378 e. The average molecular weight is 235 g/mol. The van der Waals surface area contributed by atoms with E-state index in [1.54, 1.807) is 13.2 Å². The van der Waals surface area contributed by atoms with Crippen molar-refractivity contribution in [2.45, 2.75) is 6.61 Å². The van der Waals surface area contributed by atoms with Gasteiger partial charge in [-0.15, -0.1) is 0 Å². The van der Waals surface area contributed by atoms with E-state index in [-0.39, 0.29) is 0 Å². The Morgan fingerprint density at radius 3 is 2.62 bits per heavy atom. The molecule has 0 radical (unpaired) electrons. The summed E-state index contributed by atoms with van der Waals surface area (Å²) in [5.74, 6) is 0.625. The SMILES string of the molecule is COCc1cc(Cl)nc(-c2ccccc2)n1. The number of benzene rings is 1. The fraction of sp³-hybridized carbons (Fsp3) is 0.167. The van der Waals surface area contributed by atoms with Gasteiger partial charge in [-0.2, -0.15) is 0 Å². The van der Waals surface area contributed by atoms with Gasteiger partial charge >= 0.3 is 0 Å². The van der Waals surface area contributed by atoms with Crippen molar-refractivity contribution in [3.8, 4) is 11.4 Å². The van der Waals surface area contributed by atoms with Crippen LogP contribution in [0, 0.1) is 0 Å².